The number of anilines is 2. The van der Waals surface area contributed by atoms with E-state index < -0.39 is 0 Å². The largest absolute Gasteiger partial charge is 0.399 e. The number of rotatable bonds is 4. The number of likely N-dealkylation sites (tertiary alicyclic amines) is 1. The van der Waals surface area contributed by atoms with E-state index in [4.69, 9.17) is 10.7 Å². The summed E-state index contributed by atoms with van der Waals surface area (Å²) in [5.41, 5.74) is 10.1. The minimum atomic E-state index is -0.381. The molecule has 7 heteroatoms. The molecular weight excluding hydrogens is 384 g/mol. The van der Waals surface area contributed by atoms with E-state index in [0.29, 0.717) is 18.7 Å². The van der Waals surface area contributed by atoms with Crippen molar-refractivity contribution in [2.24, 2.45) is 0 Å². The third-order valence-corrected chi connectivity index (χ3v) is 5.96. The van der Waals surface area contributed by atoms with Crippen molar-refractivity contribution in [3.63, 3.8) is 0 Å². The average molecular weight is 407 g/mol. The number of nitrogens with zero attached hydrogens (tertiary/aromatic N) is 2. The zero-order valence-corrected chi connectivity index (χ0v) is 16.9. The Morgan fingerprint density at radius 1 is 1.10 bits per heavy atom. The maximum Gasteiger partial charge on any atom is 0.247 e. The normalized spacial score (nSPS) is 16.0. The van der Waals surface area contributed by atoms with Crippen LogP contribution in [0.3, 0.4) is 0 Å². The highest BCUT2D eigenvalue weighted by Crippen LogP contribution is 2.30. The fourth-order valence-corrected chi connectivity index (χ4v) is 4.37. The molecule has 6 nitrogen and oxygen atoms in total. The Hall–Kier alpha value is -3.19. The monoisotopic (exact) mass is 406 g/mol. The lowest BCUT2D eigenvalue weighted by Crippen LogP contribution is -2.42. The van der Waals surface area contributed by atoms with E-state index in [0.717, 1.165) is 33.9 Å². The van der Waals surface area contributed by atoms with Crippen LogP contribution in [0, 0.1) is 0 Å². The van der Waals surface area contributed by atoms with E-state index in [9.17, 15) is 9.59 Å². The zero-order valence-electron chi connectivity index (χ0n) is 16.1. The average Bonchev–Trinajstić information content (AvgIpc) is 3.39. The third-order valence-electron chi connectivity index (χ3n) is 5.07. The molecule has 2 amide bonds. The van der Waals surface area contributed by atoms with E-state index in [1.54, 1.807) is 16.2 Å². The van der Waals surface area contributed by atoms with Crippen molar-refractivity contribution in [2.45, 2.75) is 25.8 Å². The van der Waals surface area contributed by atoms with Gasteiger partial charge in [-0.15, -0.1) is 11.3 Å². The number of aromatic nitrogens is 1. The lowest BCUT2D eigenvalue weighted by molar-refractivity contribution is -0.134. The Balaban J connectivity index is 1.45. The number of thiazole rings is 1. The molecule has 29 heavy (non-hydrogen) atoms. The number of hydrogen-bond acceptors (Lipinski definition) is 5. The number of benzene rings is 2. The molecule has 4 rings (SSSR count). The molecule has 0 bridgehead atoms. The van der Waals surface area contributed by atoms with Crippen molar-refractivity contribution in [3.05, 3.63) is 53.9 Å². The molecule has 0 unspecified atom stereocenters. The molecule has 0 aliphatic carbocycles. The van der Waals surface area contributed by atoms with Crippen LogP contribution in [0.4, 0.5) is 11.4 Å². The van der Waals surface area contributed by atoms with Crippen LogP contribution < -0.4 is 11.1 Å². The second-order valence-corrected chi connectivity index (χ2v) is 7.96. The number of hydrogen-bond donors (Lipinski definition) is 2. The van der Waals surface area contributed by atoms with Crippen LogP contribution in [0.1, 0.15) is 19.8 Å². The maximum absolute atomic E-state index is 12.5. The quantitative estimate of drug-likeness (QED) is 0.641. The molecule has 1 aliphatic rings. The first kappa shape index (κ1) is 19.1. The third kappa shape index (κ3) is 4.14. The molecule has 0 spiro atoms. The summed E-state index contributed by atoms with van der Waals surface area (Å²) in [4.78, 5) is 30.6. The Morgan fingerprint density at radius 2 is 1.79 bits per heavy atom. The smallest absolute Gasteiger partial charge is 0.247 e. The lowest BCUT2D eigenvalue weighted by Gasteiger charge is -2.22. The molecule has 1 atom stereocenters. The van der Waals surface area contributed by atoms with Gasteiger partial charge in [-0.3, -0.25) is 9.59 Å². The van der Waals surface area contributed by atoms with Gasteiger partial charge in [-0.1, -0.05) is 12.1 Å². The first-order valence-electron chi connectivity index (χ1n) is 9.51. The highest BCUT2D eigenvalue weighted by Gasteiger charge is 2.32. The number of amides is 2. The summed E-state index contributed by atoms with van der Waals surface area (Å²) in [6.07, 6.45) is 1.56. The summed E-state index contributed by atoms with van der Waals surface area (Å²) in [6.45, 7) is 2.15. The van der Waals surface area contributed by atoms with Gasteiger partial charge in [-0.25, -0.2) is 4.98 Å². The number of carbonyl (C=O) groups excluding carboxylic acids is 2. The highest BCUT2D eigenvalue weighted by atomic mass is 32.1. The van der Waals surface area contributed by atoms with Crippen LogP contribution >= 0.6 is 11.3 Å². The SMILES string of the molecule is CC(=O)N1CCC[C@H]1C(=O)Nc1ccc(-c2nc(-c3ccc(N)cc3)cs2)cc1. The van der Waals surface area contributed by atoms with Gasteiger partial charge in [0.25, 0.3) is 0 Å². The zero-order chi connectivity index (χ0) is 20.4. The second kappa shape index (κ2) is 8.05. The molecule has 148 valence electrons. The summed E-state index contributed by atoms with van der Waals surface area (Å²) in [5.74, 6) is -0.191. The molecule has 3 aromatic rings. The van der Waals surface area contributed by atoms with E-state index >= 15 is 0 Å². The van der Waals surface area contributed by atoms with Gasteiger partial charge in [0.1, 0.15) is 11.0 Å². The van der Waals surface area contributed by atoms with Crippen LogP contribution in [-0.4, -0.2) is 34.3 Å². The second-order valence-electron chi connectivity index (χ2n) is 7.10. The fourth-order valence-electron chi connectivity index (χ4n) is 3.53. The van der Waals surface area contributed by atoms with Crippen LogP contribution in [0.15, 0.2) is 53.9 Å². The van der Waals surface area contributed by atoms with E-state index in [2.05, 4.69) is 5.32 Å². The Kier molecular flexibility index (Phi) is 5.31. The van der Waals surface area contributed by atoms with Gasteiger partial charge in [0.2, 0.25) is 11.8 Å². The number of nitrogens with one attached hydrogen (secondary N) is 1. The van der Waals surface area contributed by atoms with Crippen molar-refractivity contribution in [3.8, 4) is 21.8 Å². The van der Waals surface area contributed by atoms with Gasteiger partial charge in [0.15, 0.2) is 0 Å². The van der Waals surface area contributed by atoms with Gasteiger partial charge < -0.3 is 16.0 Å². The summed E-state index contributed by atoms with van der Waals surface area (Å²) >= 11 is 1.57. The van der Waals surface area contributed by atoms with Crippen molar-refractivity contribution in [1.29, 1.82) is 0 Å². The lowest BCUT2D eigenvalue weighted by atomic mass is 10.1. The minimum absolute atomic E-state index is 0.0568. The Bertz CT molecular complexity index is 1030. The van der Waals surface area contributed by atoms with Crippen molar-refractivity contribution in [2.75, 3.05) is 17.6 Å². The van der Waals surface area contributed by atoms with Crippen molar-refractivity contribution in [1.82, 2.24) is 9.88 Å². The van der Waals surface area contributed by atoms with Gasteiger partial charge >= 0.3 is 0 Å². The predicted molar refractivity (Wildman–Crippen MR) is 116 cm³/mol. The molecule has 2 aromatic carbocycles. The van der Waals surface area contributed by atoms with Crippen LogP contribution in [0.25, 0.3) is 21.8 Å². The fraction of sp³-hybridized carbons (Fsp3) is 0.227. The Morgan fingerprint density at radius 3 is 2.48 bits per heavy atom. The summed E-state index contributed by atoms with van der Waals surface area (Å²) in [7, 11) is 0. The summed E-state index contributed by atoms with van der Waals surface area (Å²) in [5, 5.41) is 5.85. The van der Waals surface area contributed by atoms with Gasteiger partial charge in [0.05, 0.1) is 5.69 Å². The maximum atomic E-state index is 12.5. The van der Waals surface area contributed by atoms with Crippen LogP contribution in [0.5, 0.6) is 0 Å². The minimum Gasteiger partial charge on any atom is -0.399 e. The number of nitrogens with two attached hydrogens (primary N) is 1. The number of nitrogen functional groups attached to an aromatic ring is 1. The first-order chi connectivity index (χ1) is 14.0. The molecule has 3 N–H and O–H groups in total. The van der Waals surface area contributed by atoms with Gasteiger partial charge in [-0.2, -0.15) is 0 Å². The summed E-state index contributed by atoms with van der Waals surface area (Å²) < 4.78 is 0. The summed E-state index contributed by atoms with van der Waals surface area (Å²) in [6, 6.07) is 14.9. The van der Waals surface area contributed by atoms with E-state index in [1.165, 1.54) is 6.92 Å². The van der Waals surface area contributed by atoms with Crippen LogP contribution in [0.2, 0.25) is 0 Å². The molecular formula is C22H22N4O2S. The molecule has 2 heterocycles. The van der Waals surface area contributed by atoms with Gasteiger partial charge in [0, 0.05) is 41.4 Å². The Labute approximate surface area is 173 Å². The number of carbonyl (C=O) groups is 2. The first-order valence-corrected chi connectivity index (χ1v) is 10.4. The van der Waals surface area contributed by atoms with E-state index in [1.807, 2.05) is 53.9 Å². The molecule has 1 aliphatic heterocycles. The molecule has 1 saturated heterocycles. The predicted octanol–water partition coefficient (Wildman–Crippen LogP) is 4.01. The molecule has 0 saturated carbocycles. The van der Waals surface area contributed by atoms with E-state index in [-0.39, 0.29) is 17.9 Å². The van der Waals surface area contributed by atoms with Crippen molar-refractivity contribution < 1.29 is 9.59 Å². The van der Waals surface area contributed by atoms with Gasteiger partial charge in [-0.05, 0) is 49.2 Å². The highest BCUT2D eigenvalue weighted by molar-refractivity contribution is 7.13. The van der Waals surface area contributed by atoms with Crippen molar-refractivity contribution >= 4 is 34.5 Å². The molecule has 1 fully saturated rings. The van der Waals surface area contributed by atoms with Crippen LogP contribution in [-0.2, 0) is 9.59 Å². The standard InChI is InChI=1S/C22H22N4O2S/c1-14(27)26-12-2-3-20(26)21(28)24-18-10-6-16(7-11-18)22-25-19(13-29-22)15-4-8-17(23)9-5-15/h4-11,13,20H,2-3,12,23H2,1H3,(H,24,28)/t20-/m0/s1. The molecule has 0 radical (unpaired) electrons. The molecule has 1 aromatic heterocycles. The topological polar surface area (TPSA) is 88.3 Å².